The molecule has 2 fully saturated rings. The summed E-state index contributed by atoms with van der Waals surface area (Å²) in [7, 11) is 3.65. The number of nitrogens with zero attached hydrogens (tertiary/aromatic N) is 2. The van der Waals surface area contributed by atoms with E-state index in [2.05, 4.69) is 4.90 Å². The molecule has 0 aromatic carbocycles. The number of hydrogen-bond acceptors (Lipinski definition) is 3. The standard InChI is InChI=1S/C13H25N3O/c1-15(2)13(17)11-9-16(8-7-12(11)14)10-5-3-4-6-10/h10-12H,3-9,14H2,1-2H3. The summed E-state index contributed by atoms with van der Waals surface area (Å²) in [6.45, 7) is 1.94. The summed E-state index contributed by atoms with van der Waals surface area (Å²) < 4.78 is 0. The second-order valence-electron chi connectivity index (χ2n) is 5.72. The van der Waals surface area contributed by atoms with E-state index in [1.165, 1.54) is 25.7 Å². The van der Waals surface area contributed by atoms with Crippen molar-refractivity contribution < 1.29 is 4.79 Å². The molecule has 1 saturated heterocycles. The summed E-state index contributed by atoms with van der Waals surface area (Å²) >= 11 is 0. The normalized spacial score (nSPS) is 31.7. The fourth-order valence-electron chi connectivity index (χ4n) is 3.19. The number of carbonyl (C=O) groups is 1. The molecule has 0 aromatic rings. The number of hydrogen-bond donors (Lipinski definition) is 1. The maximum Gasteiger partial charge on any atom is 0.228 e. The second kappa shape index (κ2) is 5.36. The van der Waals surface area contributed by atoms with Crippen molar-refractivity contribution in [2.75, 3.05) is 27.2 Å². The summed E-state index contributed by atoms with van der Waals surface area (Å²) in [6, 6.07) is 0.752. The first-order valence-corrected chi connectivity index (χ1v) is 6.80. The SMILES string of the molecule is CN(C)C(=O)C1CN(C2CCCC2)CCC1N. The lowest BCUT2D eigenvalue weighted by molar-refractivity contribution is -0.135. The Morgan fingerprint density at radius 3 is 2.47 bits per heavy atom. The van der Waals surface area contributed by atoms with Crippen molar-refractivity contribution in [2.24, 2.45) is 11.7 Å². The van der Waals surface area contributed by atoms with Crippen molar-refractivity contribution in [1.29, 1.82) is 0 Å². The Morgan fingerprint density at radius 2 is 1.88 bits per heavy atom. The van der Waals surface area contributed by atoms with Gasteiger partial charge in [-0.25, -0.2) is 0 Å². The quantitative estimate of drug-likeness (QED) is 0.770. The van der Waals surface area contributed by atoms with E-state index in [0.717, 1.165) is 19.5 Å². The molecule has 2 unspecified atom stereocenters. The summed E-state index contributed by atoms with van der Waals surface area (Å²) in [4.78, 5) is 16.3. The average molecular weight is 239 g/mol. The van der Waals surface area contributed by atoms with E-state index >= 15 is 0 Å². The Balaban J connectivity index is 1.98. The summed E-state index contributed by atoms with van der Waals surface area (Å²) in [6.07, 6.45) is 6.26. The van der Waals surface area contributed by atoms with E-state index in [1.54, 1.807) is 4.90 Å². The van der Waals surface area contributed by atoms with Crippen LogP contribution in [0.25, 0.3) is 0 Å². The Labute approximate surface area is 104 Å². The van der Waals surface area contributed by atoms with Crippen LogP contribution in [0.5, 0.6) is 0 Å². The average Bonchev–Trinajstić information content (AvgIpc) is 2.82. The highest BCUT2D eigenvalue weighted by Crippen LogP contribution is 2.28. The highest BCUT2D eigenvalue weighted by molar-refractivity contribution is 5.79. The number of likely N-dealkylation sites (tertiary alicyclic amines) is 1. The van der Waals surface area contributed by atoms with E-state index in [4.69, 9.17) is 5.73 Å². The van der Waals surface area contributed by atoms with Crippen LogP contribution in [-0.4, -0.2) is 55.0 Å². The van der Waals surface area contributed by atoms with Gasteiger partial charge in [0.25, 0.3) is 0 Å². The summed E-state index contributed by atoms with van der Waals surface area (Å²) in [5.41, 5.74) is 6.10. The molecule has 2 rings (SSSR count). The van der Waals surface area contributed by atoms with E-state index in [1.807, 2.05) is 14.1 Å². The van der Waals surface area contributed by atoms with Crippen LogP contribution in [0, 0.1) is 5.92 Å². The number of amides is 1. The lowest BCUT2D eigenvalue weighted by Crippen LogP contribution is -2.54. The molecule has 1 amide bonds. The van der Waals surface area contributed by atoms with Crippen LogP contribution in [-0.2, 0) is 4.79 Å². The molecule has 2 atom stereocenters. The van der Waals surface area contributed by atoms with Crippen LogP contribution in [0.4, 0.5) is 0 Å². The van der Waals surface area contributed by atoms with Crippen LogP contribution in [0.1, 0.15) is 32.1 Å². The van der Waals surface area contributed by atoms with Gasteiger partial charge >= 0.3 is 0 Å². The molecule has 2 aliphatic rings. The van der Waals surface area contributed by atoms with Gasteiger partial charge in [0.05, 0.1) is 5.92 Å². The number of carbonyl (C=O) groups excluding carboxylic acids is 1. The van der Waals surface area contributed by atoms with Gasteiger partial charge < -0.3 is 10.6 Å². The maximum atomic E-state index is 12.1. The molecule has 2 N–H and O–H groups in total. The molecule has 4 heteroatoms. The van der Waals surface area contributed by atoms with Gasteiger partial charge in [0.1, 0.15) is 0 Å². The molecule has 1 aliphatic heterocycles. The van der Waals surface area contributed by atoms with Gasteiger partial charge in [0.2, 0.25) is 5.91 Å². The zero-order valence-corrected chi connectivity index (χ0v) is 11.1. The van der Waals surface area contributed by atoms with Gasteiger partial charge in [0, 0.05) is 32.7 Å². The fraction of sp³-hybridized carbons (Fsp3) is 0.923. The maximum absolute atomic E-state index is 12.1. The molecule has 1 heterocycles. The van der Waals surface area contributed by atoms with Crippen molar-refractivity contribution in [3.8, 4) is 0 Å². The first kappa shape index (κ1) is 12.8. The molecule has 0 radical (unpaired) electrons. The Morgan fingerprint density at radius 1 is 1.24 bits per heavy atom. The van der Waals surface area contributed by atoms with E-state index in [0.29, 0.717) is 6.04 Å². The smallest absolute Gasteiger partial charge is 0.228 e. The first-order valence-electron chi connectivity index (χ1n) is 6.80. The minimum Gasteiger partial charge on any atom is -0.348 e. The minimum absolute atomic E-state index is 0.000602. The van der Waals surface area contributed by atoms with Crippen LogP contribution in [0.2, 0.25) is 0 Å². The van der Waals surface area contributed by atoms with Gasteiger partial charge in [-0.1, -0.05) is 12.8 Å². The predicted molar refractivity (Wildman–Crippen MR) is 68.6 cm³/mol. The van der Waals surface area contributed by atoms with Crippen LogP contribution in [0.15, 0.2) is 0 Å². The summed E-state index contributed by atoms with van der Waals surface area (Å²) in [5.74, 6) is 0.194. The Bertz CT molecular complexity index is 274. The molecule has 4 nitrogen and oxygen atoms in total. The third-order valence-electron chi connectivity index (χ3n) is 4.30. The van der Waals surface area contributed by atoms with E-state index < -0.39 is 0 Å². The molecule has 0 spiro atoms. The predicted octanol–water partition coefficient (Wildman–Crippen LogP) is 0.666. The van der Waals surface area contributed by atoms with Gasteiger partial charge in [-0.2, -0.15) is 0 Å². The molecule has 1 aliphatic carbocycles. The highest BCUT2D eigenvalue weighted by Gasteiger charge is 2.36. The van der Waals surface area contributed by atoms with Crippen molar-refractivity contribution in [2.45, 2.75) is 44.2 Å². The van der Waals surface area contributed by atoms with Crippen molar-refractivity contribution >= 4 is 5.91 Å². The minimum atomic E-state index is -0.000602. The molecule has 17 heavy (non-hydrogen) atoms. The molecule has 0 aromatic heterocycles. The van der Waals surface area contributed by atoms with E-state index in [-0.39, 0.29) is 17.9 Å². The Kier molecular flexibility index (Phi) is 4.05. The third kappa shape index (κ3) is 2.80. The number of rotatable bonds is 2. The zero-order chi connectivity index (χ0) is 12.4. The number of nitrogens with two attached hydrogens (primary N) is 1. The van der Waals surface area contributed by atoms with Gasteiger partial charge in [-0.05, 0) is 25.8 Å². The molecule has 0 bridgehead atoms. The van der Waals surface area contributed by atoms with Gasteiger partial charge in [-0.3, -0.25) is 9.69 Å². The molecular formula is C13H25N3O. The largest absolute Gasteiger partial charge is 0.348 e. The van der Waals surface area contributed by atoms with Gasteiger partial charge in [0.15, 0.2) is 0 Å². The van der Waals surface area contributed by atoms with Crippen LogP contribution < -0.4 is 5.73 Å². The number of piperidine rings is 1. The molecular weight excluding hydrogens is 214 g/mol. The summed E-state index contributed by atoms with van der Waals surface area (Å²) in [5, 5.41) is 0. The van der Waals surface area contributed by atoms with Crippen molar-refractivity contribution in [3.63, 3.8) is 0 Å². The highest BCUT2D eigenvalue weighted by atomic mass is 16.2. The van der Waals surface area contributed by atoms with E-state index in [9.17, 15) is 4.79 Å². The van der Waals surface area contributed by atoms with Crippen molar-refractivity contribution in [3.05, 3.63) is 0 Å². The molecule has 98 valence electrons. The lowest BCUT2D eigenvalue weighted by atomic mass is 9.90. The fourth-order valence-corrected chi connectivity index (χ4v) is 3.19. The van der Waals surface area contributed by atoms with Gasteiger partial charge in [-0.15, -0.1) is 0 Å². The first-order chi connectivity index (χ1) is 8.09. The molecule has 1 saturated carbocycles. The second-order valence-corrected chi connectivity index (χ2v) is 5.72. The lowest BCUT2D eigenvalue weighted by Gasteiger charge is -2.40. The van der Waals surface area contributed by atoms with Crippen molar-refractivity contribution in [1.82, 2.24) is 9.80 Å². The monoisotopic (exact) mass is 239 g/mol. The van der Waals surface area contributed by atoms with Crippen LogP contribution in [0.3, 0.4) is 0 Å². The third-order valence-corrected chi connectivity index (χ3v) is 4.30. The zero-order valence-electron chi connectivity index (χ0n) is 11.1. The topological polar surface area (TPSA) is 49.6 Å². The Hall–Kier alpha value is -0.610. The van der Waals surface area contributed by atoms with Crippen LogP contribution >= 0.6 is 0 Å².